The molecule has 0 saturated heterocycles. The number of hydrogen-bond acceptors (Lipinski definition) is 6. The highest BCUT2D eigenvalue weighted by Gasteiger charge is 2.47. The van der Waals surface area contributed by atoms with Gasteiger partial charge >= 0.3 is 11.9 Å². The molecule has 4 unspecified atom stereocenters. The van der Waals surface area contributed by atoms with Crippen molar-refractivity contribution >= 4 is 23.7 Å². The second kappa shape index (κ2) is 11.1. The Bertz CT molecular complexity index is 1010. The van der Waals surface area contributed by atoms with E-state index in [2.05, 4.69) is 13.8 Å². The number of aromatic hydroxyl groups is 1. The van der Waals surface area contributed by atoms with E-state index >= 15 is 0 Å². The molecular formula is C28H40O7S. The average Bonchev–Trinajstić information content (AvgIpc) is 2.79. The zero-order chi connectivity index (χ0) is 26.8. The molecule has 0 amide bonds. The van der Waals surface area contributed by atoms with Crippen LogP contribution < -0.4 is 4.74 Å². The Hall–Kier alpha value is -2.19. The number of rotatable bonds is 11. The number of phenolic OH excluding ortho intramolecular Hbond substituents is 1. The molecule has 1 aromatic rings. The molecule has 0 saturated carbocycles. The fourth-order valence-corrected chi connectivity index (χ4v) is 6.79. The predicted octanol–water partition coefficient (Wildman–Crippen LogP) is 5.47. The summed E-state index contributed by atoms with van der Waals surface area (Å²) in [5, 5.41) is 40.3. The Kier molecular flexibility index (Phi) is 8.71. The van der Waals surface area contributed by atoms with Gasteiger partial charge in [0.05, 0.1) is 12.5 Å². The fourth-order valence-electron chi connectivity index (χ4n) is 5.60. The minimum absolute atomic E-state index is 0.0269. The minimum Gasteiger partial charge on any atom is -0.508 e. The molecule has 1 aliphatic heterocycles. The van der Waals surface area contributed by atoms with Crippen LogP contribution in [0.1, 0.15) is 90.2 Å². The quantitative estimate of drug-likeness (QED) is 0.303. The lowest BCUT2D eigenvalue weighted by Crippen LogP contribution is -2.46. The molecular weight excluding hydrogens is 480 g/mol. The van der Waals surface area contributed by atoms with E-state index in [1.165, 1.54) is 11.8 Å². The second-order valence-electron chi connectivity index (χ2n) is 11.3. The van der Waals surface area contributed by atoms with Gasteiger partial charge in [0.1, 0.15) is 17.1 Å². The van der Waals surface area contributed by atoms with Crippen LogP contribution in [0.25, 0.3) is 0 Å². The molecule has 7 nitrogen and oxygen atoms in total. The van der Waals surface area contributed by atoms with Gasteiger partial charge in [0.25, 0.3) is 0 Å². The van der Waals surface area contributed by atoms with E-state index in [-0.39, 0.29) is 34.7 Å². The molecule has 1 aliphatic carbocycles. The largest absolute Gasteiger partial charge is 0.508 e. The van der Waals surface area contributed by atoms with Crippen LogP contribution in [0.5, 0.6) is 11.5 Å². The van der Waals surface area contributed by atoms with Gasteiger partial charge in [-0.15, -0.1) is 0 Å². The summed E-state index contributed by atoms with van der Waals surface area (Å²) < 4.78 is 6.41. The molecule has 36 heavy (non-hydrogen) atoms. The van der Waals surface area contributed by atoms with E-state index < -0.39 is 23.6 Å². The van der Waals surface area contributed by atoms with Gasteiger partial charge in [0, 0.05) is 34.0 Å². The number of carboxylic acids is 2. The minimum atomic E-state index is -0.915. The van der Waals surface area contributed by atoms with Crippen molar-refractivity contribution in [3.05, 3.63) is 34.9 Å². The van der Waals surface area contributed by atoms with Crippen molar-refractivity contribution < 1.29 is 34.8 Å². The first kappa shape index (κ1) is 28.4. The number of thioether (sulfide) groups is 1. The second-order valence-corrected chi connectivity index (χ2v) is 12.6. The first-order chi connectivity index (χ1) is 16.8. The Morgan fingerprint density at radius 3 is 2.56 bits per heavy atom. The van der Waals surface area contributed by atoms with E-state index in [0.29, 0.717) is 48.3 Å². The number of ether oxygens (including phenoxy) is 1. The van der Waals surface area contributed by atoms with E-state index in [1.807, 2.05) is 26.8 Å². The van der Waals surface area contributed by atoms with Gasteiger partial charge in [-0.25, -0.2) is 4.79 Å². The number of aliphatic carboxylic acids is 2. The van der Waals surface area contributed by atoms with Crippen molar-refractivity contribution in [1.82, 2.24) is 0 Å². The van der Waals surface area contributed by atoms with Crippen molar-refractivity contribution in [1.29, 1.82) is 0 Å². The zero-order valence-electron chi connectivity index (χ0n) is 21.9. The topological polar surface area (TPSA) is 124 Å². The summed E-state index contributed by atoms with van der Waals surface area (Å²) in [5.41, 5.74) is 1.10. The molecule has 0 radical (unpaired) electrons. The highest BCUT2D eigenvalue weighted by Crippen LogP contribution is 2.55. The number of allylic oxidation sites excluding steroid dienone is 1. The molecule has 0 fully saturated rings. The predicted molar refractivity (Wildman–Crippen MR) is 141 cm³/mol. The van der Waals surface area contributed by atoms with Crippen molar-refractivity contribution in [2.24, 2.45) is 5.92 Å². The normalized spacial score (nSPS) is 22.4. The number of aliphatic hydroxyl groups is 1. The molecule has 200 valence electrons. The van der Waals surface area contributed by atoms with Gasteiger partial charge in [-0.3, -0.25) is 4.79 Å². The lowest BCUT2D eigenvalue weighted by atomic mass is 9.66. The molecule has 1 heterocycles. The van der Waals surface area contributed by atoms with E-state index in [4.69, 9.17) is 9.84 Å². The van der Waals surface area contributed by atoms with Gasteiger partial charge in [0.15, 0.2) is 0 Å². The van der Waals surface area contributed by atoms with Crippen LogP contribution in [0.15, 0.2) is 23.8 Å². The fraction of sp³-hybridized carbons (Fsp3) is 0.643. The molecule has 8 heteroatoms. The van der Waals surface area contributed by atoms with Gasteiger partial charge in [-0.2, -0.15) is 11.8 Å². The van der Waals surface area contributed by atoms with Crippen molar-refractivity contribution in [3.8, 4) is 11.5 Å². The highest BCUT2D eigenvalue weighted by molar-refractivity contribution is 7.99. The third kappa shape index (κ3) is 6.20. The van der Waals surface area contributed by atoms with E-state index in [1.54, 1.807) is 12.1 Å². The molecule has 0 bridgehead atoms. The van der Waals surface area contributed by atoms with Crippen LogP contribution >= 0.6 is 11.8 Å². The molecule has 0 spiro atoms. The average molecular weight is 521 g/mol. The number of carboxylic acid groups (broad SMARTS) is 2. The Morgan fingerprint density at radius 2 is 1.94 bits per heavy atom. The highest BCUT2D eigenvalue weighted by atomic mass is 32.2. The number of aliphatic hydroxyl groups excluding tert-OH is 1. The molecule has 2 aliphatic rings. The number of benzene rings is 1. The summed E-state index contributed by atoms with van der Waals surface area (Å²) in [6, 6.07) is 3.73. The third-order valence-corrected chi connectivity index (χ3v) is 9.42. The van der Waals surface area contributed by atoms with E-state index in [0.717, 1.165) is 12.0 Å². The lowest BCUT2D eigenvalue weighted by Gasteiger charge is -2.47. The monoisotopic (exact) mass is 520 g/mol. The SMILES string of the molecule is CCC(SCCC(=O)O)C(O)CCC(C)(C)c1cc(O)c2c(c1)OC(C)(C)C1CC=C(C(=O)O)CC21. The summed E-state index contributed by atoms with van der Waals surface area (Å²) in [7, 11) is 0. The Balaban J connectivity index is 1.80. The van der Waals surface area contributed by atoms with Crippen LogP contribution in [0.2, 0.25) is 0 Å². The van der Waals surface area contributed by atoms with Gasteiger partial charge in [-0.1, -0.05) is 26.8 Å². The first-order valence-corrected chi connectivity index (χ1v) is 13.8. The van der Waals surface area contributed by atoms with Crippen LogP contribution in [0.4, 0.5) is 0 Å². The maximum absolute atomic E-state index is 11.6. The summed E-state index contributed by atoms with van der Waals surface area (Å²) in [5.74, 6) is -0.608. The Morgan fingerprint density at radius 1 is 1.25 bits per heavy atom. The molecule has 4 atom stereocenters. The summed E-state index contributed by atoms with van der Waals surface area (Å²) in [6.07, 6.45) is 4.23. The molecule has 0 aromatic heterocycles. The lowest BCUT2D eigenvalue weighted by molar-refractivity contribution is -0.136. The maximum Gasteiger partial charge on any atom is 0.331 e. The number of carbonyl (C=O) groups is 2. The van der Waals surface area contributed by atoms with Gasteiger partial charge in [-0.05, 0) is 69.1 Å². The molecule has 4 N–H and O–H groups in total. The number of fused-ring (bicyclic) bond motifs is 3. The zero-order valence-corrected chi connectivity index (χ0v) is 22.7. The standard InChI is InChI=1S/C28H40O7S/c1-6-23(36-12-10-24(31)32)20(29)9-11-27(2,3)17-14-21(30)25-18-13-16(26(33)34)7-8-19(18)28(4,5)35-22(25)15-17/h7,14-15,18-20,23,29-30H,6,8-13H2,1-5H3,(H,31,32)(H,33,34). The van der Waals surface area contributed by atoms with E-state index in [9.17, 15) is 24.9 Å². The van der Waals surface area contributed by atoms with Gasteiger partial charge in [0.2, 0.25) is 0 Å². The van der Waals surface area contributed by atoms with Crippen LogP contribution in [-0.4, -0.2) is 55.1 Å². The summed E-state index contributed by atoms with van der Waals surface area (Å²) >= 11 is 1.50. The number of hydrogen-bond donors (Lipinski definition) is 4. The van der Waals surface area contributed by atoms with Crippen LogP contribution in [-0.2, 0) is 15.0 Å². The number of phenols is 1. The third-order valence-electron chi connectivity index (χ3n) is 7.90. The van der Waals surface area contributed by atoms with Crippen LogP contribution in [0, 0.1) is 5.92 Å². The molecule has 3 rings (SSSR count). The van der Waals surface area contributed by atoms with Crippen molar-refractivity contribution in [2.45, 2.75) is 101 Å². The summed E-state index contributed by atoms with van der Waals surface area (Å²) in [6.45, 7) is 10.2. The first-order valence-electron chi connectivity index (χ1n) is 12.8. The van der Waals surface area contributed by atoms with Crippen molar-refractivity contribution in [2.75, 3.05) is 5.75 Å². The summed E-state index contributed by atoms with van der Waals surface area (Å²) in [4.78, 5) is 22.5. The van der Waals surface area contributed by atoms with Crippen LogP contribution in [0.3, 0.4) is 0 Å². The molecule has 1 aromatic carbocycles. The van der Waals surface area contributed by atoms with Gasteiger partial charge < -0.3 is 25.2 Å². The van der Waals surface area contributed by atoms with Crippen molar-refractivity contribution in [3.63, 3.8) is 0 Å². The maximum atomic E-state index is 11.6. The smallest absolute Gasteiger partial charge is 0.331 e. The Labute approximate surface area is 217 Å².